The number of ether oxygens (including phenoxy) is 1. The molecule has 1 atom stereocenters. The lowest BCUT2D eigenvalue weighted by Gasteiger charge is -2.27. The molecule has 7 heteroatoms. The van der Waals surface area contributed by atoms with Crippen molar-refractivity contribution in [3.05, 3.63) is 0 Å². The summed E-state index contributed by atoms with van der Waals surface area (Å²) in [5.41, 5.74) is 0. The van der Waals surface area contributed by atoms with E-state index in [1.807, 2.05) is 0 Å². The molecule has 2 aliphatic rings. The van der Waals surface area contributed by atoms with Gasteiger partial charge < -0.3 is 15.0 Å². The van der Waals surface area contributed by atoms with Gasteiger partial charge in [-0.05, 0) is 0 Å². The lowest BCUT2D eigenvalue weighted by atomic mass is 10.2. The van der Waals surface area contributed by atoms with E-state index in [0.717, 1.165) is 0 Å². The summed E-state index contributed by atoms with van der Waals surface area (Å²) >= 11 is 0. The first-order valence-corrected chi connectivity index (χ1v) is 5.13. The van der Waals surface area contributed by atoms with Gasteiger partial charge in [-0.1, -0.05) is 0 Å². The Hall–Kier alpha value is -1.63. The third-order valence-electron chi connectivity index (χ3n) is 2.60. The van der Waals surface area contributed by atoms with Crippen LogP contribution < -0.4 is 10.6 Å². The van der Waals surface area contributed by atoms with E-state index in [4.69, 9.17) is 4.74 Å². The zero-order valence-corrected chi connectivity index (χ0v) is 8.69. The second-order valence-corrected chi connectivity index (χ2v) is 3.71. The molecule has 88 valence electrons. The smallest absolute Gasteiger partial charge is 0.322 e. The molecule has 16 heavy (non-hydrogen) atoms. The molecule has 0 spiro atoms. The van der Waals surface area contributed by atoms with Crippen LogP contribution in [0.4, 0.5) is 4.79 Å². The van der Waals surface area contributed by atoms with E-state index in [0.29, 0.717) is 26.3 Å². The Kier molecular flexibility index (Phi) is 3.04. The van der Waals surface area contributed by atoms with Crippen LogP contribution >= 0.6 is 0 Å². The molecule has 0 aromatic heterocycles. The zero-order valence-electron chi connectivity index (χ0n) is 8.69. The predicted octanol–water partition coefficient (Wildman–Crippen LogP) is -1.56. The zero-order chi connectivity index (χ0) is 11.5. The van der Waals surface area contributed by atoms with E-state index in [-0.39, 0.29) is 12.3 Å². The van der Waals surface area contributed by atoms with Gasteiger partial charge in [0, 0.05) is 13.1 Å². The van der Waals surface area contributed by atoms with Crippen molar-refractivity contribution in [3.8, 4) is 0 Å². The van der Waals surface area contributed by atoms with Crippen molar-refractivity contribution in [1.29, 1.82) is 0 Å². The SMILES string of the molecule is O=C1NC(=O)C(CC(=O)N2CCOCC2)N1. The molecule has 2 heterocycles. The molecule has 0 aromatic rings. The van der Waals surface area contributed by atoms with Crippen LogP contribution in [0.25, 0.3) is 0 Å². The van der Waals surface area contributed by atoms with Crippen LogP contribution in [0.3, 0.4) is 0 Å². The first kappa shape index (κ1) is 10.9. The number of hydrogen-bond acceptors (Lipinski definition) is 4. The summed E-state index contributed by atoms with van der Waals surface area (Å²) in [4.78, 5) is 35.4. The van der Waals surface area contributed by atoms with Gasteiger partial charge in [-0.15, -0.1) is 0 Å². The maximum Gasteiger partial charge on any atom is 0.322 e. The summed E-state index contributed by atoms with van der Waals surface area (Å²) in [5.74, 6) is -0.572. The minimum Gasteiger partial charge on any atom is -0.378 e. The Balaban J connectivity index is 1.86. The number of imide groups is 1. The van der Waals surface area contributed by atoms with Gasteiger partial charge in [0.2, 0.25) is 5.91 Å². The highest BCUT2D eigenvalue weighted by molar-refractivity contribution is 6.05. The average molecular weight is 227 g/mol. The third-order valence-corrected chi connectivity index (χ3v) is 2.60. The predicted molar refractivity (Wildman–Crippen MR) is 52.5 cm³/mol. The fourth-order valence-electron chi connectivity index (χ4n) is 1.72. The summed E-state index contributed by atoms with van der Waals surface area (Å²) in [5, 5.41) is 4.49. The van der Waals surface area contributed by atoms with Crippen molar-refractivity contribution >= 4 is 17.8 Å². The fourth-order valence-corrected chi connectivity index (χ4v) is 1.72. The van der Waals surface area contributed by atoms with E-state index in [1.165, 1.54) is 0 Å². The van der Waals surface area contributed by atoms with Crippen LogP contribution in [-0.4, -0.2) is 55.1 Å². The molecule has 0 bridgehead atoms. The number of nitrogens with one attached hydrogen (secondary N) is 2. The van der Waals surface area contributed by atoms with Gasteiger partial charge in [0.25, 0.3) is 5.91 Å². The molecule has 4 amide bonds. The largest absolute Gasteiger partial charge is 0.378 e. The molecule has 2 saturated heterocycles. The van der Waals surface area contributed by atoms with E-state index in [1.54, 1.807) is 4.90 Å². The summed E-state index contributed by atoms with van der Waals surface area (Å²) < 4.78 is 5.12. The van der Waals surface area contributed by atoms with E-state index in [9.17, 15) is 14.4 Å². The molecule has 2 aliphatic heterocycles. The number of morpholine rings is 1. The van der Waals surface area contributed by atoms with E-state index in [2.05, 4.69) is 10.6 Å². The highest BCUT2D eigenvalue weighted by Crippen LogP contribution is 2.05. The van der Waals surface area contributed by atoms with Crippen LogP contribution in [-0.2, 0) is 14.3 Å². The summed E-state index contributed by atoms with van der Waals surface area (Å²) in [6.07, 6.45) is 0.0115. The number of carbonyl (C=O) groups excluding carboxylic acids is 3. The number of carbonyl (C=O) groups is 3. The topological polar surface area (TPSA) is 87.7 Å². The molecule has 2 N–H and O–H groups in total. The van der Waals surface area contributed by atoms with Crippen LogP contribution in [0, 0.1) is 0 Å². The summed E-state index contributed by atoms with van der Waals surface area (Å²) in [7, 11) is 0. The first-order valence-electron chi connectivity index (χ1n) is 5.13. The van der Waals surface area contributed by atoms with Gasteiger partial charge in [0.1, 0.15) is 6.04 Å². The van der Waals surface area contributed by atoms with Crippen LogP contribution in [0.5, 0.6) is 0 Å². The molecule has 0 radical (unpaired) electrons. The lowest BCUT2D eigenvalue weighted by molar-refractivity contribution is -0.137. The Bertz CT molecular complexity index is 325. The Morgan fingerprint density at radius 1 is 1.38 bits per heavy atom. The van der Waals surface area contributed by atoms with Crippen molar-refractivity contribution in [2.75, 3.05) is 26.3 Å². The molecule has 0 aromatic carbocycles. The van der Waals surface area contributed by atoms with Crippen LogP contribution in [0.15, 0.2) is 0 Å². The van der Waals surface area contributed by atoms with Crippen molar-refractivity contribution in [3.63, 3.8) is 0 Å². The second-order valence-electron chi connectivity index (χ2n) is 3.71. The highest BCUT2D eigenvalue weighted by atomic mass is 16.5. The molecular weight excluding hydrogens is 214 g/mol. The number of rotatable bonds is 2. The molecule has 0 aliphatic carbocycles. The third kappa shape index (κ3) is 2.30. The van der Waals surface area contributed by atoms with Crippen molar-refractivity contribution in [2.45, 2.75) is 12.5 Å². The number of amides is 4. The first-order chi connectivity index (χ1) is 7.66. The standard InChI is InChI=1S/C9H13N3O4/c13-7(12-1-3-16-4-2-12)5-6-8(14)11-9(15)10-6/h6H,1-5H2,(H2,10,11,14,15). The minimum atomic E-state index is -0.733. The van der Waals surface area contributed by atoms with Crippen molar-refractivity contribution in [2.24, 2.45) is 0 Å². The normalized spacial score (nSPS) is 25.2. The summed E-state index contributed by atoms with van der Waals surface area (Å²) in [6.45, 7) is 2.13. The Morgan fingerprint density at radius 3 is 2.62 bits per heavy atom. The van der Waals surface area contributed by atoms with Gasteiger partial charge >= 0.3 is 6.03 Å². The quantitative estimate of drug-likeness (QED) is 0.559. The lowest BCUT2D eigenvalue weighted by Crippen LogP contribution is -2.44. The highest BCUT2D eigenvalue weighted by Gasteiger charge is 2.32. The molecule has 1 unspecified atom stereocenters. The monoisotopic (exact) mass is 227 g/mol. The molecule has 2 rings (SSSR count). The van der Waals surface area contributed by atoms with Gasteiger partial charge in [-0.2, -0.15) is 0 Å². The van der Waals surface area contributed by atoms with E-state index >= 15 is 0 Å². The van der Waals surface area contributed by atoms with Crippen molar-refractivity contribution < 1.29 is 19.1 Å². The number of urea groups is 1. The van der Waals surface area contributed by atoms with Crippen LogP contribution in [0.2, 0.25) is 0 Å². The minimum absolute atomic E-state index is 0.0115. The second kappa shape index (κ2) is 4.48. The number of hydrogen-bond donors (Lipinski definition) is 2. The fraction of sp³-hybridized carbons (Fsp3) is 0.667. The number of nitrogens with zero attached hydrogens (tertiary/aromatic N) is 1. The summed E-state index contributed by atoms with van der Waals surface area (Å²) in [6, 6.07) is -1.27. The van der Waals surface area contributed by atoms with Gasteiger partial charge in [0.15, 0.2) is 0 Å². The Morgan fingerprint density at radius 2 is 2.06 bits per heavy atom. The van der Waals surface area contributed by atoms with Gasteiger partial charge in [-0.3, -0.25) is 14.9 Å². The molecule has 7 nitrogen and oxygen atoms in total. The maximum absolute atomic E-state index is 11.7. The Labute approximate surface area is 92.1 Å². The molecule has 2 fully saturated rings. The van der Waals surface area contributed by atoms with Crippen LogP contribution in [0.1, 0.15) is 6.42 Å². The maximum atomic E-state index is 11.7. The molecular formula is C9H13N3O4. The van der Waals surface area contributed by atoms with Gasteiger partial charge in [0.05, 0.1) is 19.6 Å². The van der Waals surface area contributed by atoms with Crippen molar-refractivity contribution in [1.82, 2.24) is 15.5 Å². The molecule has 0 saturated carbocycles. The average Bonchev–Trinajstić information content (AvgIpc) is 2.59. The van der Waals surface area contributed by atoms with E-state index < -0.39 is 18.0 Å². The van der Waals surface area contributed by atoms with Gasteiger partial charge in [-0.25, -0.2) is 4.79 Å².